The van der Waals surface area contributed by atoms with Crippen molar-refractivity contribution in [1.82, 2.24) is 9.99 Å². The van der Waals surface area contributed by atoms with Gasteiger partial charge in [-0.2, -0.15) is 5.10 Å². The molecule has 1 aromatic heterocycles. The van der Waals surface area contributed by atoms with E-state index in [1.807, 2.05) is 35.0 Å². The van der Waals surface area contributed by atoms with Crippen molar-refractivity contribution in [3.05, 3.63) is 83.1 Å². The number of hydrogen-bond acceptors (Lipinski definition) is 4. The average Bonchev–Trinajstić information content (AvgIpc) is 3.16. The Morgan fingerprint density at radius 3 is 2.50 bits per heavy atom. The summed E-state index contributed by atoms with van der Waals surface area (Å²) < 4.78 is 1.84. The van der Waals surface area contributed by atoms with Crippen molar-refractivity contribution in [3.63, 3.8) is 0 Å². The standard InChI is InChI=1S/C20H16ClN3O3S/c21-15-5-9-18(10-6-15)28-13-19(25)23-22-12-17-2-1-11-24(17)16-7-3-14(4-8-16)20(26)27/h1-12H,13H2,(H,23,25)(H,26,27)/b22-12-. The van der Waals surface area contributed by atoms with Crippen molar-refractivity contribution >= 4 is 41.5 Å². The smallest absolute Gasteiger partial charge is 0.335 e. The number of nitrogens with one attached hydrogen (secondary N) is 1. The molecule has 3 aromatic rings. The first-order valence-electron chi connectivity index (χ1n) is 8.24. The van der Waals surface area contributed by atoms with Gasteiger partial charge in [0.1, 0.15) is 0 Å². The molecule has 28 heavy (non-hydrogen) atoms. The number of carbonyl (C=O) groups excluding carboxylic acids is 1. The van der Waals surface area contributed by atoms with Gasteiger partial charge in [-0.3, -0.25) is 4.79 Å². The van der Waals surface area contributed by atoms with Crippen LogP contribution in [0.2, 0.25) is 5.02 Å². The molecule has 0 aliphatic rings. The zero-order chi connectivity index (χ0) is 19.9. The summed E-state index contributed by atoms with van der Waals surface area (Å²) in [6.07, 6.45) is 3.37. The largest absolute Gasteiger partial charge is 0.478 e. The van der Waals surface area contributed by atoms with E-state index < -0.39 is 5.97 Å². The Balaban J connectivity index is 1.57. The van der Waals surface area contributed by atoms with Gasteiger partial charge in [0.05, 0.1) is 23.2 Å². The van der Waals surface area contributed by atoms with Crippen molar-refractivity contribution in [3.8, 4) is 5.69 Å². The Morgan fingerprint density at radius 2 is 1.82 bits per heavy atom. The molecule has 0 aliphatic carbocycles. The molecule has 1 amide bonds. The molecule has 0 bridgehead atoms. The Kier molecular flexibility index (Phi) is 6.52. The zero-order valence-corrected chi connectivity index (χ0v) is 16.2. The number of carbonyl (C=O) groups is 2. The molecule has 0 spiro atoms. The molecule has 0 atom stereocenters. The molecular weight excluding hydrogens is 398 g/mol. The van der Waals surface area contributed by atoms with E-state index in [9.17, 15) is 9.59 Å². The molecule has 3 rings (SSSR count). The number of carboxylic acid groups (broad SMARTS) is 1. The van der Waals surface area contributed by atoms with Crippen LogP contribution in [0, 0.1) is 0 Å². The summed E-state index contributed by atoms with van der Waals surface area (Å²) in [5.41, 5.74) is 4.25. The third-order valence-electron chi connectivity index (χ3n) is 3.74. The molecule has 1 heterocycles. The summed E-state index contributed by atoms with van der Waals surface area (Å²) >= 11 is 7.23. The molecule has 0 saturated carbocycles. The van der Waals surface area contributed by atoms with E-state index in [1.54, 1.807) is 24.3 Å². The molecule has 0 aliphatic heterocycles. The quantitative estimate of drug-likeness (QED) is 0.347. The Hall–Kier alpha value is -3.03. The van der Waals surface area contributed by atoms with Crippen LogP contribution in [0.15, 0.2) is 76.9 Å². The number of aromatic carboxylic acids is 1. The van der Waals surface area contributed by atoms with E-state index in [0.29, 0.717) is 5.02 Å². The van der Waals surface area contributed by atoms with Crippen molar-refractivity contribution < 1.29 is 14.7 Å². The SMILES string of the molecule is O=C(CSc1ccc(Cl)cc1)N/N=C\c1cccn1-c1ccc(C(=O)O)cc1. The summed E-state index contributed by atoms with van der Waals surface area (Å²) in [5, 5.41) is 13.6. The second-order valence-corrected chi connectivity index (χ2v) is 7.18. The van der Waals surface area contributed by atoms with Crippen LogP contribution in [-0.4, -0.2) is 33.5 Å². The zero-order valence-electron chi connectivity index (χ0n) is 14.6. The predicted molar refractivity (Wildman–Crippen MR) is 111 cm³/mol. The van der Waals surface area contributed by atoms with Gasteiger partial charge in [0.15, 0.2) is 0 Å². The van der Waals surface area contributed by atoms with Crippen molar-refractivity contribution in [2.75, 3.05) is 5.75 Å². The number of rotatable bonds is 7. The topological polar surface area (TPSA) is 83.7 Å². The first kappa shape index (κ1) is 19.7. The summed E-state index contributed by atoms with van der Waals surface area (Å²) in [5.74, 6) is -0.962. The Morgan fingerprint density at radius 1 is 1.11 bits per heavy atom. The molecule has 2 aromatic carbocycles. The molecule has 8 heteroatoms. The first-order valence-corrected chi connectivity index (χ1v) is 9.60. The lowest BCUT2D eigenvalue weighted by atomic mass is 10.2. The molecular formula is C20H16ClN3O3S. The number of carboxylic acids is 1. The Bertz CT molecular complexity index is 998. The van der Waals surface area contributed by atoms with Gasteiger partial charge in [-0.25, -0.2) is 10.2 Å². The van der Waals surface area contributed by atoms with Crippen LogP contribution >= 0.6 is 23.4 Å². The van der Waals surface area contributed by atoms with Crippen molar-refractivity contribution in [2.24, 2.45) is 5.10 Å². The highest BCUT2D eigenvalue weighted by atomic mass is 35.5. The van der Waals surface area contributed by atoms with Crippen LogP contribution in [0.4, 0.5) is 0 Å². The minimum atomic E-state index is -0.972. The van der Waals surface area contributed by atoms with Crippen LogP contribution in [0.5, 0.6) is 0 Å². The van der Waals surface area contributed by atoms with E-state index in [4.69, 9.17) is 16.7 Å². The van der Waals surface area contributed by atoms with E-state index in [0.717, 1.165) is 16.3 Å². The maximum atomic E-state index is 11.9. The summed E-state index contributed by atoms with van der Waals surface area (Å²) in [7, 11) is 0. The van der Waals surface area contributed by atoms with Crippen LogP contribution in [0.3, 0.4) is 0 Å². The summed E-state index contributed by atoms with van der Waals surface area (Å²) in [6.45, 7) is 0. The van der Waals surface area contributed by atoms with Gasteiger partial charge in [0.25, 0.3) is 0 Å². The maximum absolute atomic E-state index is 11.9. The van der Waals surface area contributed by atoms with Crippen molar-refractivity contribution in [2.45, 2.75) is 4.90 Å². The highest BCUT2D eigenvalue weighted by Gasteiger charge is 2.05. The monoisotopic (exact) mass is 413 g/mol. The number of nitrogens with zero attached hydrogens (tertiary/aromatic N) is 2. The maximum Gasteiger partial charge on any atom is 0.335 e. The molecule has 0 unspecified atom stereocenters. The van der Waals surface area contributed by atoms with Crippen LogP contribution in [0.25, 0.3) is 5.69 Å². The first-order chi connectivity index (χ1) is 13.5. The van der Waals surface area contributed by atoms with E-state index in [2.05, 4.69) is 10.5 Å². The van der Waals surface area contributed by atoms with Crippen LogP contribution in [-0.2, 0) is 4.79 Å². The number of hydrogen-bond donors (Lipinski definition) is 2. The molecule has 0 fully saturated rings. The number of thioether (sulfide) groups is 1. The van der Waals surface area contributed by atoms with Gasteiger partial charge < -0.3 is 9.67 Å². The molecule has 142 valence electrons. The van der Waals surface area contributed by atoms with Crippen LogP contribution in [0.1, 0.15) is 16.1 Å². The Labute approximate surface area is 170 Å². The van der Waals surface area contributed by atoms with E-state index >= 15 is 0 Å². The lowest BCUT2D eigenvalue weighted by molar-refractivity contribution is -0.118. The average molecular weight is 414 g/mol. The van der Waals surface area contributed by atoms with Gasteiger partial charge in [-0.1, -0.05) is 11.6 Å². The van der Waals surface area contributed by atoms with E-state index in [-0.39, 0.29) is 17.2 Å². The van der Waals surface area contributed by atoms with Gasteiger partial charge in [0, 0.05) is 21.8 Å². The number of aromatic nitrogens is 1. The number of halogens is 1. The highest BCUT2D eigenvalue weighted by Crippen LogP contribution is 2.20. The molecule has 0 saturated heterocycles. The fourth-order valence-corrected chi connectivity index (χ4v) is 3.20. The van der Waals surface area contributed by atoms with Crippen LogP contribution < -0.4 is 5.43 Å². The van der Waals surface area contributed by atoms with Gasteiger partial charge >= 0.3 is 5.97 Å². The summed E-state index contributed by atoms with van der Waals surface area (Å²) in [6, 6.07) is 17.4. The third kappa shape index (κ3) is 5.25. The fourth-order valence-electron chi connectivity index (χ4n) is 2.38. The molecule has 0 radical (unpaired) electrons. The second-order valence-electron chi connectivity index (χ2n) is 5.69. The minimum absolute atomic E-state index is 0.219. The van der Waals surface area contributed by atoms with Crippen molar-refractivity contribution in [1.29, 1.82) is 0 Å². The van der Waals surface area contributed by atoms with E-state index in [1.165, 1.54) is 30.1 Å². The van der Waals surface area contributed by atoms with Gasteiger partial charge in [-0.15, -0.1) is 11.8 Å². The second kappa shape index (κ2) is 9.25. The number of hydrazone groups is 1. The number of benzene rings is 2. The van der Waals surface area contributed by atoms with Gasteiger partial charge in [-0.05, 0) is 60.7 Å². The van der Waals surface area contributed by atoms with Gasteiger partial charge in [0.2, 0.25) is 5.91 Å². The highest BCUT2D eigenvalue weighted by molar-refractivity contribution is 8.00. The lowest BCUT2D eigenvalue weighted by Gasteiger charge is -2.06. The third-order valence-corrected chi connectivity index (χ3v) is 5.01. The molecule has 2 N–H and O–H groups in total. The predicted octanol–water partition coefficient (Wildman–Crippen LogP) is 4.07. The summed E-state index contributed by atoms with van der Waals surface area (Å²) in [4.78, 5) is 23.8. The lowest BCUT2D eigenvalue weighted by Crippen LogP contribution is -2.19. The normalized spacial score (nSPS) is 10.9. The minimum Gasteiger partial charge on any atom is -0.478 e. The fraction of sp³-hybridized carbons (Fsp3) is 0.0500. The molecule has 6 nitrogen and oxygen atoms in total. The number of amides is 1.